The van der Waals surface area contributed by atoms with E-state index in [1.54, 1.807) is 0 Å². The Hall–Kier alpha value is 0.987. The second kappa shape index (κ2) is 3.99. The summed E-state index contributed by atoms with van der Waals surface area (Å²) in [7, 11) is 0.529. The molecule has 0 saturated heterocycles. The molecule has 0 amide bonds. The standard InChI is InChI=1S/CH2BrClSi/c2-1-4-3/h1H2. The monoisotopic (exact) mass is 156 g/mol. The zero-order valence-electron chi connectivity index (χ0n) is 1.96. The molecule has 0 aliphatic rings. The van der Waals surface area contributed by atoms with Crippen LogP contribution in [-0.2, 0) is 0 Å². The van der Waals surface area contributed by atoms with Crippen LogP contribution in [0.25, 0.3) is 0 Å². The largest absolute Gasteiger partial charge is 0.183 e. The Balaban J connectivity index is 1.97. The molecule has 0 aliphatic heterocycles. The summed E-state index contributed by atoms with van der Waals surface area (Å²) >= 11 is 8.30. The van der Waals surface area contributed by atoms with Crippen LogP contribution >= 0.6 is 27.0 Å². The highest BCUT2D eigenvalue weighted by molar-refractivity contribution is 9.09. The topological polar surface area (TPSA) is 0 Å². The number of hydrogen-bond donors (Lipinski definition) is 0. The lowest BCUT2D eigenvalue weighted by molar-refractivity contribution is 2.29. The lowest BCUT2D eigenvalue weighted by atomic mass is 11.9. The van der Waals surface area contributed by atoms with Gasteiger partial charge in [0.25, 0.3) is 0 Å². The van der Waals surface area contributed by atoms with Crippen molar-refractivity contribution in [2.45, 2.75) is 0 Å². The molecule has 0 unspecified atom stereocenters. The summed E-state index contributed by atoms with van der Waals surface area (Å²) in [6, 6.07) is 0. The van der Waals surface area contributed by atoms with Gasteiger partial charge in [0.15, 0.2) is 8.83 Å². The molecule has 0 atom stereocenters. The average molecular weight is 157 g/mol. The fraction of sp³-hybridized carbons (Fsp3) is 1.00. The zero-order chi connectivity index (χ0) is 3.41. The van der Waals surface area contributed by atoms with Crippen molar-refractivity contribution in [1.29, 1.82) is 0 Å². The molecule has 3 heteroatoms. The van der Waals surface area contributed by atoms with Crippen molar-refractivity contribution in [2.75, 3.05) is 4.95 Å². The minimum Gasteiger partial charge on any atom is -0.170 e. The van der Waals surface area contributed by atoms with Crippen molar-refractivity contribution in [1.82, 2.24) is 0 Å². The van der Waals surface area contributed by atoms with Crippen LogP contribution in [0.15, 0.2) is 0 Å². The van der Waals surface area contributed by atoms with Gasteiger partial charge in [0.1, 0.15) is 0 Å². The van der Waals surface area contributed by atoms with Crippen LogP contribution in [0, 0.1) is 0 Å². The van der Waals surface area contributed by atoms with E-state index in [-0.39, 0.29) is 0 Å². The molecule has 0 saturated carbocycles. The summed E-state index contributed by atoms with van der Waals surface area (Å²) in [5.74, 6) is 0. The molecule has 0 aromatic rings. The van der Waals surface area contributed by atoms with Gasteiger partial charge >= 0.3 is 0 Å². The molecule has 4 heavy (non-hydrogen) atoms. The number of hydrogen-bond acceptors (Lipinski definition) is 0. The van der Waals surface area contributed by atoms with Crippen molar-refractivity contribution in [3.05, 3.63) is 0 Å². The predicted molar refractivity (Wildman–Crippen MR) is 25.4 cm³/mol. The zero-order valence-corrected chi connectivity index (χ0v) is 5.30. The molecule has 0 aliphatic carbocycles. The quantitative estimate of drug-likeness (QED) is 0.305. The van der Waals surface area contributed by atoms with Gasteiger partial charge in [0.05, 0.1) is 0 Å². The summed E-state index contributed by atoms with van der Waals surface area (Å²) < 4.78 is 0. The molecule has 0 heterocycles. The fourth-order valence-corrected chi connectivity index (χ4v) is 0. The smallest absolute Gasteiger partial charge is 0.170 e. The van der Waals surface area contributed by atoms with Crippen LogP contribution < -0.4 is 0 Å². The second-order valence-electron chi connectivity index (χ2n) is 0.267. The van der Waals surface area contributed by atoms with E-state index >= 15 is 0 Å². The molecular formula is CH2BrClSi. The van der Waals surface area contributed by atoms with Crippen LogP contribution in [0.3, 0.4) is 0 Å². The van der Waals surface area contributed by atoms with E-state index in [1.165, 1.54) is 0 Å². The van der Waals surface area contributed by atoms with Gasteiger partial charge in [-0.3, -0.25) is 0 Å². The molecule has 0 nitrogen and oxygen atoms in total. The Morgan fingerprint density at radius 2 is 2.25 bits per heavy atom. The van der Waals surface area contributed by atoms with E-state index in [1.807, 2.05) is 0 Å². The molecule has 0 aromatic heterocycles. The van der Waals surface area contributed by atoms with Gasteiger partial charge in [-0.2, -0.15) is 11.1 Å². The molecule has 0 fully saturated rings. The van der Waals surface area contributed by atoms with E-state index in [0.717, 1.165) is 4.95 Å². The highest BCUT2D eigenvalue weighted by atomic mass is 79.9. The van der Waals surface area contributed by atoms with Crippen LogP contribution in [0.2, 0.25) is 0 Å². The first-order valence-electron chi connectivity index (χ1n) is 0.810. The van der Waals surface area contributed by atoms with Gasteiger partial charge in [0.2, 0.25) is 0 Å². The van der Waals surface area contributed by atoms with Crippen LogP contribution in [0.4, 0.5) is 0 Å². The molecule has 24 valence electrons. The Bertz CT molecular complexity index is 10.0. The van der Waals surface area contributed by atoms with Crippen LogP contribution in [0.1, 0.15) is 0 Å². The molecular weight excluding hydrogens is 155 g/mol. The molecule has 0 spiro atoms. The number of alkyl halides is 1. The maximum Gasteiger partial charge on any atom is 0.183 e. The van der Waals surface area contributed by atoms with Crippen molar-refractivity contribution < 1.29 is 0 Å². The highest BCUT2D eigenvalue weighted by Crippen LogP contribution is 1.75. The summed E-state index contributed by atoms with van der Waals surface area (Å²) in [6.07, 6.45) is 0. The van der Waals surface area contributed by atoms with Crippen LogP contribution in [0.5, 0.6) is 0 Å². The maximum atomic E-state index is 5.17. The van der Waals surface area contributed by atoms with E-state index in [9.17, 15) is 0 Å². The average Bonchev–Trinajstić information content (AvgIpc) is 1.37. The van der Waals surface area contributed by atoms with Crippen molar-refractivity contribution in [2.24, 2.45) is 0 Å². The van der Waals surface area contributed by atoms with E-state index in [4.69, 9.17) is 11.1 Å². The molecule has 2 radical (unpaired) electrons. The Labute approximate surface area is 41.2 Å². The second-order valence-corrected chi connectivity index (χ2v) is 3.29. The maximum absolute atomic E-state index is 5.17. The molecule has 0 N–H and O–H groups in total. The predicted octanol–water partition coefficient (Wildman–Crippen LogP) is 1.20. The molecule has 0 aromatic carbocycles. The number of halogens is 2. The van der Waals surface area contributed by atoms with Crippen LogP contribution in [-0.4, -0.2) is 13.8 Å². The van der Waals surface area contributed by atoms with E-state index in [0.29, 0.717) is 8.83 Å². The Morgan fingerprint density at radius 1 is 2.00 bits per heavy atom. The lowest BCUT2D eigenvalue weighted by Crippen LogP contribution is -1.70. The van der Waals surface area contributed by atoms with Gasteiger partial charge in [-0.25, -0.2) is 0 Å². The third-order valence-electron chi connectivity index (χ3n) is 0.0505. The van der Waals surface area contributed by atoms with Crippen molar-refractivity contribution >= 4 is 35.8 Å². The summed E-state index contributed by atoms with van der Waals surface area (Å²) in [6.45, 7) is 0. The highest BCUT2D eigenvalue weighted by Gasteiger charge is 1.66. The SMILES string of the molecule is Cl[Si]CBr. The normalized spacial score (nSPS) is 7.50. The first kappa shape index (κ1) is 4.99. The van der Waals surface area contributed by atoms with E-state index < -0.39 is 0 Å². The lowest BCUT2D eigenvalue weighted by Gasteiger charge is -1.59. The fourth-order valence-electron chi connectivity index (χ4n) is 0. The van der Waals surface area contributed by atoms with Gasteiger partial charge < -0.3 is 0 Å². The Kier molecular flexibility index (Phi) is 4.97. The number of rotatable bonds is 1. The minimum atomic E-state index is 0.529. The van der Waals surface area contributed by atoms with Gasteiger partial charge in [-0.05, 0) is 0 Å². The molecule has 0 rings (SSSR count). The molecule has 0 bridgehead atoms. The first-order chi connectivity index (χ1) is 1.91. The minimum absolute atomic E-state index is 0.529. The van der Waals surface area contributed by atoms with Gasteiger partial charge in [0, 0.05) is 4.95 Å². The van der Waals surface area contributed by atoms with Crippen molar-refractivity contribution in [3.8, 4) is 0 Å². The third kappa shape index (κ3) is 2.99. The van der Waals surface area contributed by atoms with E-state index in [2.05, 4.69) is 15.9 Å². The van der Waals surface area contributed by atoms with Gasteiger partial charge in [-0.15, -0.1) is 0 Å². The third-order valence-corrected chi connectivity index (χ3v) is 2.36. The first-order valence-corrected chi connectivity index (χ1v) is 4.15. The van der Waals surface area contributed by atoms with Gasteiger partial charge in [-0.1, -0.05) is 15.9 Å². The Morgan fingerprint density at radius 3 is 2.25 bits per heavy atom. The summed E-state index contributed by atoms with van der Waals surface area (Å²) in [4.78, 5) is 0.925. The van der Waals surface area contributed by atoms with Crippen molar-refractivity contribution in [3.63, 3.8) is 0 Å². The summed E-state index contributed by atoms with van der Waals surface area (Å²) in [5, 5.41) is 0. The summed E-state index contributed by atoms with van der Waals surface area (Å²) in [5.41, 5.74) is 0.